The number of anilines is 1. The Bertz CT molecular complexity index is 1010. The summed E-state index contributed by atoms with van der Waals surface area (Å²) in [4.78, 5) is 23.7. The molecule has 1 aliphatic carbocycles. The summed E-state index contributed by atoms with van der Waals surface area (Å²) in [7, 11) is 2.02. The van der Waals surface area contributed by atoms with Crippen molar-refractivity contribution in [3.05, 3.63) is 83.0 Å². The van der Waals surface area contributed by atoms with Gasteiger partial charge in [-0.25, -0.2) is 4.98 Å². The van der Waals surface area contributed by atoms with Crippen molar-refractivity contribution in [3.63, 3.8) is 0 Å². The largest absolute Gasteiger partial charge is 0.332 e. The van der Waals surface area contributed by atoms with Crippen LogP contribution in [-0.4, -0.2) is 22.8 Å². The summed E-state index contributed by atoms with van der Waals surface area (Å²) in [6, 6.07) is 7.88. The lowest BCUT2D eigenvalue weighted by atomic mass is 9.84. The molecular formula is C22H21N3O. The van der Waals surface area contributed by atoms with Gasteiger partial charge in [-0.15, -0.1) is 0 Å². The fraction of sp³-hybridized carbons (Fsp3) is 0.227. The monoisotopic (exact) mass is 343 g/mol. The van der Waals surface area contributed by atoms with Crippen LogP contribution in [0.3, 0.4) is 0 Å². The molecule has 1 aliphatic heterocycles. The van der Waals surface area contributed by atoms with E-state index in [4.69, 9.17) is 0 Å². The maximum atomic E-state index is 12.8. The van der Waals surface area contributed by atoms with Crippen LogP contribution in [0.15, 0.2) is 66.2 Å². The SMILES string of the molecule is CC1=C/C(=C\C=C2/N(C)c3ncccc3C2(C)C)C(=O)c2ncccc21. The van der Waals surface area contributed by atoms with Gasteiger partial charge in [0.25, 0.3) is 0 Å². The van der Waals surface area contributed by atoms with Gasteiger partial charge in [-0.2, -0.15) is 0 Å². The van der Waals surface area contributed by atoms with Crippen LogP contribution in [0.4, 0.5) is 5.82 Å². The Labute approximate surface area is 153 Å². The van der Waals surface area contributed by atoms with Gasteiger partial charge in [0.1, 0.15) is 11.5 Å². The fourth-order valence-corrected chi connectivity index (χ4v) is 3.85. The Hall–Kier alpha value is -3.01. The van der Waals surface area contributed by atoms with Crippen LogP contribution in [0.5, 0.6) is 0 Å². The molecule has 0 saturated heterocycles. The van der Waals surface area contributed by atoms with E-state index in [1.165, 1.54) is 5.56 Å². The number of pyridine rings is 2. The molecule has 2 aromatic heterocycles. The van der Waals surface area contributed by atoms with Gasteiger partial charge in [0.05, 0.1) is 0 Å². The number of nitrogens with zero attached hydrogens (tertiary/aromatic N) is 3. The molecule has 0 radical (unpaired) electrons. The van der Waals surface area contributed by atoms with E-state index in [0.29, 0.717) is 11.3 Å². The highest BCUT2D eigenvalue weighted by atomic mass is 16.1. The number of ketones is 1. The standard InChI is InChI=1S/C22H21N3O/c1-14-13-15(20(26)19-16(14)7-5-11-23-19)9-10-18-22(2,3)17-8-6-12-24-21(17)25(18)4/h5-13H,1-4H3/b15-9+,18-10-. The molecule has 4 nitrogen and oxygen atoms in total. The number of likely N-dealkylation sites (N-methyl/N-ethyl adjacent to an activating group) is 1. The molecule has 0 spiro atoms. The molecule has 0 unspecified atom stereocenters. The number of allylic oxidation sites excluding steroid dienone is 6. The van der Waals surface area contributed by atoms with Gasteiger partial charge in [-0.05, 0) is 42.9 Å². The van der Waals surface area contributed by atoms with Crippen LogP contribution < -0.4 is 4.90 Å². The van der Waals surface area contributed by atoms with Gasteiger partial charge in [-0.1, -0.05) is 26.0 Å². The summed E-state index contributed by atoms with van der Waals surface area (Å²) in [6.07, 6.45) is 9.36. The van der Waals surface area contributed by atoms with Crippen LogP contribution in [0.25, 0.3) is 5.57 Å². The summed E-state index contributed by atoms with van der Waals surface area (Å²) in [6.45, 7) is 6.38. The smallest absolute Gasteiger partial charge is 0.211 e. The summed E-state index contributed by atoms with van der Waals surface area (Å²) in [5.41, 5.74) is 5.31. The predicted octanol–water partition coefficient (Wildman–Crippen LogP) is 4.31. The van der Waals surface area contributed by atoms with Crippen molar-refractivity contribution < 1.29 is 4.79 Å². The van der Waals surface area contributed by atoms with E-state index in [9.17, 15) is 4.79 Å². The van der Waals surface area contributed by atoms with Crippen molar-refractivity contribution in [3.8, 4) is 0 Å². The van der Waals surface area contributed by atoms with Gasteiger partial charge in [0.15, 0.2) is 0 Å². The minimum atomic E-state index is -0.165. The fourth-order valence-electron chi connectivity index (χ4n) is 3.85. The number of carbonyl (C=O) groups is 1. The zero-order valence-corrected chi connectivity index (χ0v) is 15.4. The second kappa shape index (κ2) is 5.77. The topological polar surface area (TPSA) is 46.1 Å². The maximum Gasteiger partial charge on any atom is 0.211 e. The van der Waals surface area contributed by atoms with Gasteiger partial charge < -0.3 is 4.90 Å². The van der Waals surface area contributed by atoms with Crippen molar-refractivity contribution in [1.29, 1.82) is 0 Å². The minimum absolute atomic E-state index is 0.0304. The molecule has 0 atom stereocenters. The quantitative estimate of drug-likeness (QED) is 0.724. The lowest BCUT2D eigenvalue weighted by Gasteiger charge is -2.23. The third kappa shape index (κ3) is 2.33. The second-order valence-electron chi connectivity index (χ2n) is 7.29. The van der Waals surface area contributed by atoms with E-state index in [1.807, 2.05) is 56.6 Å². The first kappa shape index (κ1) is 16.5. The minimum Gasteiger partial charge on any atom is -0.332 e. The normalized spacial score (nSPS) is 21.0. The number of hydrogen-bond acceptors (Lipinski definition) is 4. The molecule has 130 valence electrons. The highest BCUT2D eigenvalue weighted by Gasteiger charge is 2.39. The Morgan fingerprint density at radius 3 is 2.58 bits per heavy atom. The molecule has 0 aromatic carbocycles. The molecule has 2 aliphatic rings. The molecule has 0 fully saturated rings. The van der Waals surface area contributed by atoms with E-state index in [1.54, 1.807) is 6.20 Å². The van der Waals surface area contributed by atoms with Crippen molar-refractivity contribution in [1.82, 2.24) is 9.97 Å². The zero-order valence-electron chi connectivity index (χ0n) is 15.4. The van der Waals surface area contributed by atoms with Crippen LogP contribution in [0.2, 0.25) is 0 Å². The summed E-state index contributed by atoms with van der Waals surface area (Å²) < 4.78 is 0. The molecule has 0 N–H and O–H groups in total. The number of Topliss-reactive ketones (excluding diaryl/α,β-unsaturated/α-hetero) is 1. The zero-order chi connectivity index (χ0) is 18.5. The molecule has 0 amide bonds. The summed E-state index contributed by atoms with van der Waals surface area (Å²) >= 11 is 0. The molecule has 2 aromatic rings. The summed E-state index contributed by atoms with van der Waals surface area (Å²) in [5.74, 6) is 0.938. The molecule has 4 heteroatoms. The lowest BCUT2D eigenvalue weighted by Crippen LogP contribution is -2.23. The van der Waals surface area contributed by atoms with Gasteiger partial charge in [0.2, 0.25) is 5.78 Å². The lowest BCUT2D eigenvalue weighted by molar-refractivity contribution is 0.103. The first-order valence-electron chi connectivity index (χ1n) is 8.71. The average Bonchev–Trinajstić information content (AvgIpc) is 2.84. The highest BCUT2D eigenvalue weighted by molar-refractivity contribution is 6.15. The van der Waals surface area contributed by atoms with E-state index in [2.05, 4.69) is 34.8 Å². The van der Waals surface area contributed by atoms with Crippen LogP contribution in [0, 0.1) is 0 Å². The number of fused-ring (bicyclic) bond motifs is 2. The first-order valence-corrected chi connectivity index (χ1v) is 8.71. The van der Waals surface area contributed by atoms with E-state index in [-0.39, 0.29) is 11.2 Å². The Morgan fingerprint density at radius 1 is 1.08 bits per heavy atom. The molecule has 0 bridgehead atoms. The molecule has 0 saturated carbocycles. The first-order chi connectivity index (χ1) is 12.4. The number of aromatic nitrogens is 2. The molecule has 3 heterocycles. The highest BCUT2D eigenvalue weighted by Crippen LogP contribution is 2.45. The number of rotatable bonds is 1. The average molecular weight is 343 g/mol. The molecule has 26 heavy (non-hydrogen) atoms. The predicted molar refractivity (Wildman–Crippen MR) is 104 cm³/mol. The van der Waals surface area contributed by atoms with Crippen molar-refractivity contribution in [2.24, 2.45) is 0 Å². The van der Waals surface area contributed by atoms with E-state index >= 15 is 0 Å². The summed E-state index contributed by atoms with van der Waals surface area (Å²) in [5, 5.41) is 0. The second-order valence-corrected chi connectivity index (χ2v) is 7.29. The Kier molecular flexibility index (Phi) is 3.65. The van der Waals surface area contributed by atoms with Crippen LogP contribution >= 0.6 is 0 Å². The Balaban J connectivity index is 1.77. The third-order valence-corrected chi connectivity index (χ3v) is 5.28. The van der Waals surface area contributed by atoms with Crippen LogP contribution in [-0.2, 0) is 5.41 Å². The van der Waals surface area contributed by atoms with Gasteiger partial charge in [0, 0.05) is 47.3 Å². The number of hydrogen-bond donors (Lipinski definition) is 0. The van der Waals surface area contributed by atoms with E-state index < -0.39 is 0 Å². The number of carbonyl (C=O) groups excluding carboxylic acids is 1. The van der Waals surface area contributed by atoms with E-state index in [0.717, 1.165) is 22.7 Å². The molecular weight excluding hydrogens is 322 g/mol. The van der Waals surface area contributed by atoms with Crippen molar-refractivity contribution in [2.75, 3.05) is 11.9 Å². The molecule has 4 rings (SSSR count). The van der Waals surface area contributed by atoms with Gasteiger partial charge >= 0.3 is 0 Å². The maximum absolute atomic E-state index is 12.8. The van der Waals surface area contributed by atoms with Gasteiger partial charge in [-0.3, -0.25) is 9.78 Å². The van der Waals surface area contributed by atoms with Crippen molar-refractivity contribution in [2.45, 2.75) is 26.2 Å². The Morgan fingerprint density at radius 2 is 1.81 bits per heavy atom. The third-order valence-electron chi connectivity index (χ3n) is 5.28. The van der Waals surface area contributed by atoms with Crippen LogP contribution in [0.1, 0.15) is 42.4 Å². The van der Waals surface area contributed by atoms with Crippen molar-refractivity contribution >= 4 is 17.2 Å².